The molecule has 1 fully saturated rings. The standard InChI is InChI=1S/C20H19F4N3O3S/c21-17-3-1-13(9-19(17)23)7-15-11-26(31(29,30)6-5-25)12-16(27(15)28)8-14-2-4-18(22)20(24)10-14/h1-4,7-10,27H,5-6,11-12,25H2/b15-7+,16-8+. The SMILES string of the molecule is NCCS(=O)(=O)N1C/C(=C\c2ccc(F)c(F)c2)[NH+]([O-])/C(=C/c2ccc(F)c(F)c2)C1. The number of hydrogen-bond acceptors (Lipinski definition) is 4. The van der Waals surface area contributed by atoms with E-state index < -0.39 is 38.4 Å². The molecule has 6 nitrogen and oxygen atoms in total. The molecule has 0 atom stereocenters. The van der Waals surface area contributed by atoms with E-state index in [4.69, 9.17) is 5.73 Å². The summed E-state index contributed by atoms with van der Waals surface area (Å²) in [4.78, 5) is 0. The number of hydrogen-bond donors (Lipinski definition) is 2. The normalized spacial score (nSPS) is 20.5. The molecule has 0 spiro atoms. The molecule has 0 radical (unpaired) electrons. The quantitative estimate of drug-likeness (QED) is 0.527. The van der Waals surface area contributed by atoms with Crippen LogP contribution < -0.4 is 10.8 Å². The number of nitrogens with two attached hydrogens (primary N) is 1. The molecule has 0 aromatic heterocycles. The molecule has 0 unspecified atom stereocenters. The van der Waals surface area contributed by atoms with E-state index in [1.54, 1.807) is 0 Å². The van der Waals surface area contributed by atoms with Crippen molar-refractivity contribution >= 4 is 22.2 Å². The maximum Gasteiger partial charge on any atom is 0.216 e. The molecule has 3 N–H and O–H groups in total. The molecular weight excluding hydrogens is 438 g/mol. The molecule has 2 aromatic carbocycles. The van der Waals surface area contributed by atoms with Crippen molar-refractivity contribution in [2.75, 3.05) is 25.4 Å². The van der Waals surface area contributed by atoms with Crippen LogP contribution in [-0.2, 0) is 10.0 Å². The van der Waals surface area contributed by atoms with Gasteiger partial charge in [-0.15, -0.1) is 0 Å². The Bertz CT molecular complexity index is 1080. The van der Waals surface area contributed by atoms with Crippen molar-refractivity contribution in [1.29, 1.82) is 0 Å². The molecule has 1 saturated heterocycles. The predicted molar refractivity (Wildman–Crippen MR) is 107 cm³/mol. The lowest BCUT2D eigenvalue weighted by molar-refractivity contribution is -0.767. The molecule has 0 aliphatic carbocycles. The first-order chi connectivity index (χ1) is 14.6. The average Bonchev–Trinajstić information content (AvgIpc) is 2.70. The summed E-state index contributed by atoms with van der Waals surface area (Å²) in [5, 5.41) is 12.4. The minimum atomic E-state index is -3.83. The van der Waals surface area contributed by atoms with Crippen molar-refractivity contribution in [3.05, 3.63) is 87.4 Å². The third kappa shape index (κ3) is 5.38. The van der Waals surface area contributed by atoms with Crippen LogP contribution in [0.2, 0.25) is 0 Å². The molecule has 1 aliphatic heterocycles. The first-order valence-corrected chi connectivity index (χ1v) is 10.8. The molecule has 0 bridgehead atoms. The van der Waals surface area contributed by atoms with Gasteiger partial charge >= 0.3 is 0 Å². The van der Waals surface area contributed by atoms with Gasteiger partial charge in [0.1, 0.15) is 11.4 Å². The third-order valence-electron chi connectivity index (χ3n) is 4.62. The van der Waals surface area contributed by atoms with Gasteiger partial charge in [-0.1, -0.05) is 12.1 Å². The molecule has 11 heteroatoms. The number of halogens is 4. The predicted octanol–water partition coefficient (Wildman–Crippen LogP) is 1.61. The second-order valence-electron chi connectivity index (χ2n) is 6.89. The summed E-state index contributed by atoms with van der Waals surface area (Å²) in [5.41, 5.74) is 5.70. The summed E-state index contributed by atoms with van der Waals surface area (Å²) in [6.07, 6.45) is 2.52. The van der Waals surface area contributed by atoms with E-state index >= 15 is 0 Å². The summed E-state index contributed by atoms with van der Waals surface area (Å²) in [7, 11) is -3.83. The number of quaternary nitrogens is 1. The highest BCUT2D eigenvalue weighted by molar-refractivity contribution is 7.89. The fraction of sp³-hybridized carbons (Fsp3) is 0.200. The van der Waals surface area contributed by atoms with Gasteiger partial charge in [0.05, 0.1) is 18.8 Å². The summed E-state index contributed by atoms with van der Waals surface area (Å²) in [5.74, 6) is -4.74. The Morgan fingerprint density at radius 3 is 1.74 bits per heavy atom. The second-order valence-corrected chi connectivity index (χ2v) is 8.98. The average molecular weight is 457 g/mol. The van der Waals surface area contributed by atoms with E-state index in [1.165, 1.54) is 24.3 Å². The van der Waals surface area contributed by atoms with Crippen molar-refractivity contribution < 1.29 is 31.0 Å². The Balaban J connectivity index is 2.05. The molecule has 3 rings (SSSR count). The van der Waals surface area contributed by atoms with E-state index in [-0.39, 0.29) is 47.9 Å². The van der Waals surface area contributed by atoms with E-state index in [0.717, 1.165) is 28.6 Å². The minimum Gasteiger partial charge on any atom is -0.624 e. The van der Waals surface area contributed by atoms with Crippen LogP contribution in [-0.4, -0.2) is 38.1 Å². The second kappa shape index (κ2) is 9.28. The van der Waals surface area contributed by atoms with Gasteiger partial charge in [0.15, 0.2) is 23.3 Å². The van der Waals surface area contributed by atoms with Crippen LogP contribution in [0.5, 0.6) is 0 Å². The van der Waals surface area contributed by atoms with Crippen LogP contribution >= 0.6 is 0 Å². The zero-order valence-corrected chi connectivity index (χ0v) is 16.9. The van der Waals surface area contributed by atoms with Crippen molar-refractivity contribution in [3.8, 4) is 0 Å². The van der Waals surface area contributed by atoms with Crippen LogP contribution in [0.15, 0.2) is 47.8 Å². The molecule has 1 heterocycles. The monoisotopic (exact) mass is 457 g/mol. The first-order valence-electron chi connectivity index (χ1n) is 9.14. The Hall–Kier alpha value is -2.57. The summed E-state index contributed by atoms with van der Waals surface area (Å²) < 4.78 is 79.6. The van der Waals surface area contributed by atoms with Crippen LogP contribution in [0.4, 0.5) is 17.6 Å². The van der Waals surface area contributed by atoms with Crippen LogP contribution in [0.1, 0.15) is 11.1 Å². The largest absolute Gasteiger partial charge is 0.624 e. The Morgan fingerprint density at radius 2 is 1.35 bits per heavy atom. The Morgan fingerprint density at radius 1 is 0.903 bits per heavy atom. The van der Waals surface area contributed by atoms with Crippen molar-refractivity contribution in [1.82, 2.24) is 4.31 Å². The Kier molecular flexibility index (Phi) is 6.92. The van der Waals surface area contributed by atoms with Gasteiger partial charge < -0.3 is 16.0 Å². The van der Waals surface area contributed by atoms with Gasteiger partial charge in [0.2, 0.25) is 10.0 Å². The summed E-state index contributed by atoms with van der Waals surface area (Å²) in [6.45, 7) is -0.734. The van der Waals surface area contributed by atoms with E-state index in [2.05, 4.69) is 0 Å². The van der Waals surface area contributed by atoms with E-state index in [1.807, 2.05) is 0 Å². The number of nitrogens with one attached hydrogen (secondary N) is 1. The number of nitrogens with zero attached hydrogens (tertiary/aromatic N) is 1. The van der Waals surface area contributed by atoms with Crippen molar-refractivity contribution in [3.63, 3.8) is 0 Å². The molecule has 31 heavy (non-hydrogen) atoms. The van der Waals surface area contributed by atoms with Crippen LogP contribution in [0, 0.1) is 28.5 Å². The van der Waals surface area contributed by atoms with Crippen molar-refractivity contribution in [2.45, 2.75) is 0 Å². The molecule has 1 aliphatic rings. The number of hydroxylamine groups is 2. The summed E-state index contributed by atoms with van der Waals surface area (Å²) >= 11 is 0. The molecule has 2 aromatic rings. The zero-order valence-electron chi connectivity index (χ0n) is 16.1. The van der Waals surface area contributed by atoms with Gasteiger partial charge in [-0.2, -0.15) is 4.31 Å². The topological polar surface area (TPSA) is 90.9 Å². The Labute approximate surface area is 176 Å². The highest BCUT2D eigenvalue weighted by Gasteiger charge is 2.33. The van der Waals surface area contributed by atoms with Gasteiger partial charge in [-0.25, -0.2) is 26.0 Å². The fourth-order valence-corrected chi connectivity index (χ4v) is 4.32. The lowest BCUT2D eigenvalue weighted by Gasteiger charge is -2.36. The molecule has 0 saturated carbocycles. The van der Waals surface area contributed by atoms with Crippen LogP contribution in [0.3, 0.4) is 0 Å². The van der Waals surface area contributed by atoms with E-state index in [9.17, 15) is 31.2 Å². The third-order valence-corrected chi connectivity index (χ3v) is 6.41. The molecule has 166 valence electrons. The smallest absolute Gasteiger partial charge is 0.216 e. The van der Waals surface area contributed by atoms with Gasteiger partial charge in [0.25, 0.3) is 0 Å². The lowest BCUT2D eigenvalue weighted by atomic mass is 10.1. The van der Waals surface area contributed by atoms with E-state index in [0.29, 0.717) is 0 Å². The zero-order chi connectivity index (χ0) is 22.8. The summed E-state index contributed by atoms with van der Waals surface area (Å²) in [6, 6.07) is 6.00. The highest BCUT2D eigenvalue weighted by atomic mass is 32.2. The highest BCUT2D eigenvalue weighted by Crippen LogP contribution is 2.18. The molecule has 0 amide bonds. The van der Waals surface area contributed by atoms with Gasteiger partial charge in [-0.05, 0) is 35.4 Å². The fourth-order valence-electron chi connectivity index (χ4n) is 3.09. The van der Waals surface area contributed by atoms with Gasteiger partial charge in [0, 0.05) is 18.7 Å². The minimum absolute atomic E-state index is 0.00619. The number of piperazine rings is 1. The van der Waals surface area contributed by atoms with Gasteiger partial charge in [-0.3, -0.25) is 0 Å². The number of benzene rings is 2. The first kappa shape index (κ1) is 23.1. The maximum atomic E-state index is 13.5. The maximum absolute atomic E-state index is 13.5. The van der Waals surface area contributed by atoms with Crippen molar-refractivity contribution in [2.24, 2.45) is 5.73 Å². The lowest BCUT2D eigenvalue weighted by Crippen LogP contribution is -3.06. The van der Waals surface area contributed by atoms with Crippen LogP contribution in [0.25, 0.3) is 12.2 Å². The number of sulfonamides is 1. The number of rotatable bonds is 5. The molecular formula is C20H19F4N3O3S.